The molecule has 0 spiro atoms. The number of halogens is 6. The van der Waals surface area contributed by atoms with E-state index in [0.29, 0.717) is 0 Å². The lowest BCUT2D eigenvalue weighted by Gasteiger charge is -2.34. The fraction of sp³-hybridized carbons (Fsp3) is 1.00. The van der Waals surface area contributed by atoms with Crippen molar-refractivity contribution < 1.29 is 26.3 Å². The van der Waals surface area contributed by atoms with Gasteiger partial charge in [0.05, 0.1) is 5.92 Å². The number of nitrogens with zero attached hydrogens (tertiary/aromatic N) is 1. The van der Waals surface area contributed by atoms with Crippen LogP contribution in [0.25, 0.3) is 0 Å². The summed E-state index contributed by atoms with van der Waals surface area (Å²) in [5, 5.41) is 2.56. The maximum atomic E-state index is 12.9. The van der Waals surface area contributed by atoms with Crippen molar-refractivity contribution in [2.75, 3.05) is 26.2 Å². The molecule has 1 aliphatic heterocycles. The third-order valence-corrected chi connectivity index (χ3v) is 3.71. The Morgan fingerprint density at radius 1 is 1.06 bits per heavy atom. The van der Waals surface area contributed by atoms with Gasteiger partial charge in [0.15, 0.2) is 0 Å². The number of alkyl halides is 6. The summed E-state index contributed by atoms with van der Waals surface area (Å²) in [5.41, 5.74) is -2.01. The third-order valence-electron chi connectivity index (χ3n) is 3.71. The minimum atomic E-state index is -4.46. The second-order valence-electron chi connectivity index (χ2n) is 4.92. The SMILES string of the molecule is FC(F)(F)C1CNCCN(C2(C(F)(F)F)CC2)C1. The Kier molecular flexibility index (Phi) is 3.30. The molecular formula is C10H14F6N2. The summed E-state index contributed by atoms with van der Waals surface area (Å²) in [6, 6.07) is 0. The summed E-state index contributed by atoms with van der Waals surface area (Å²) in [6.45, 7) is -0.722. The predicted octanol–water partition coefficient (Wildman–Crippen LogP) is 2.17. The molecule has 106 valence electrons. The molecular weight excluding hydrogens is 262 g/mol. The van der Waals surface area contributed by atoms with Crippen LogP contribution in [-0.4, -0.2) is 49.0 Å². The molecule has 0 bridgehead atoms. The summed E-state index contributed by atoms with van der Waals surface area (Å²) in [6.07, 6.45) is -9.10. The van der Waals surface area contributed by atoms with Gasteiger partial charge < -0.3 is 5.32 Å². The zero-order valence-electron chi connectivity index (χ0n) is 9.53. The van der Waals surface area contributed by atoms with Crippen molar-refractivity contribution in [1.82, 2.24) is 10.2 Å². The normalized spacial score (nSPS) is 30.0. The van der Waals surface area contributed by atoms with E-state index in [1.54, 1.807) is 0 Å². The van der Waals surface area contributed by atoms with E-state index in [-0.39, 0.29) is 32.5 Å². The van der Waals surface area contributed by atoms with Crippen LogP contribution < -0.4 is 5.32 Å². The van der Waals surface area contributed by atoms with Crippen LogP contribution in [0.15, 0.2) is 0 Å². The van der Waals surface area contributed by atoms with Gasteiger partial charge in [-0.1, -0.05) is 0 Å². The lowest BCUT2D eigenvalue weighted by Crippen LogP contribution is -2.51. The first-order valence-electron chi connectivity index (χ1n) is 5.76. The molecule has 0 aromatic carbocycles. The molecule has 8 heteroatoms. The van der Waals surface area contributed by atoms with Crippen LogP contribution in [-0.2, 0) is 0 Å². The number of hydrogen-bond donors (Lipinski definition) is 1. The zero-order chi connectivity index (χ0) is 13.6. The molecule has 1 unspecified atom stereocenters. The Hall–Kier alpha value is -0.500. The smallest absolute Gasteiger partial charge is 0.315 e. The Labute approximate surface area is 100 Å². The van der Waals surface area contributed by atoms with Crippen molar-refractivity contribution in [3.05, 3.63) is 0 Å². The van der Waals surface area contributed by atoms with Gasteiger partial charge in [-0.25, -0.2) is 0 Å². The van der Waals surface area contributed by atoms with E-state index >= 15 is 0 Å². The third kappa shape index (κ3) is 2.45. The molecule has 2 rings (SSSR count). The van der Waals surface area contributed by atoms with E-state index in [0.717, 1.165) is 4.90 Å². The standard InChI is InChI=1S/C10H14F6N2/c11-9(12,13)7-5-17-3-4-18(6-7)8(1-2-8)10(14,15)16/h7,17H,1-6H2. The molecule has 2 aliphatic rings. The van der Waals surface area contributed by atoms with E-state index in [4.69, 9.17) is 0 Å². The highest BCUT2D eigenvalue weighted by Crippen LogP contribution is 2.54. The second-order valence-corrected chi connectivity index (χ2v) is 4.92. The molecule has 1 heterocycles. The zero-order valence-corrected chi connectivity index (χ0v) is 9.53. The van der Waals surface area contributed by atoms with Crippen LogP contribution in [0, 0.1) is 5.92 Å². The van der Waals surface area contributed by atoms with Gasteiger partial charge in [-0.05, 0) is 12.8 Å². The van der Waals surface area contributed by atoms with Crippen LogP contribution in [0.1, 0.15) is 12.8 Å². The van der Waals surface area contributed by atoms with Crippen LogP contribution in [0.3, 0.4) is 0 Å². The molecule has 0 radical (unpaired) electrons. The maximum Gasteiger partial charge on any atom is 0.406 e. The van der Waals surface area contributed by atoms with Crippen molar-refractivity contribution in [2.24, 2.45) is 5.92 Å². The van der Waals surface area contributed by atoms with E-state index in [2.05, 4.69) is 5.32 Å². The molecule has 2 nitrogen and oxygen atoms in total. The van der Waals surface area contributed by atoms with Crippen molar-refractivity contribution in [3.8, 4) is 0 Å². The molecule has 0 aromatic heterocycles. The summed E-state index contributed by atoms with van der Waals surface area (Å²) >= 11 is 0. The highest BCUT2D eigenvalue weighted by molar-refractivity contribution is 5.10. The highest BCUT2D eigenvalue weighted by Gasteiger charge is 2.67. The molecule has 0 aromatic rings. The van der Waals surface area contributed by atoms with E-state index in [1.165, 1.54) is 0 Å². The van der Waals surface area contributed by atoms with Crippen molar-refractivity contribution in [3.63, 3.8) is 0 Å². The van der Waals surface area contributed by atoms with Crippen LogP contribution in [0.5, 0.6) is 0 Å². The highest BCUT2D eigenvalue weighted by atomic mass is 19.4. The average Bonchev–Trinajstić information content (AvgIpc) is 3.00. The van der Waals surface area contributed by atoms with Gasteiger partial charge in [-0.3, -0.25) is 4.90 Å². The first-order chi connectivity index (χ1) is 8.17. The van der Waals surface area contributed by atoms with Crippen LogP contribution in [0.2, 0.25) is 0 Å². The summed E-state index contributed by atoms with van der Waals surface area (Å²) < 4.78 is 76.6. The lowest BCUT2D eigenvalue weighted by molar-refractivity contribution is -0.211. The minimum absolute atomic E-state index is 0.00604. The fourth-order valence-electron chi connectivity index (χ4n) is 2.42. The second kappa shape index (κ2) is 4.26. The van der Waals surface area contributed by atoms with Crippen molar-refractivity contribution >= 4 is 0 Å². The predicted molar refractivity (Wildman–Crippen MR) is 52.0 cm³/mol. The Bertz CT molecular complexity index is 306. The van der Waals surface area contributed by atoms with E-state index < -0.39 is 30.4 Å². The molecule has 1 saturated carbocycles. The van der Waals surface area contributed by atoms with Gasteiger partial charge in [0.25, 0.3) is 0 Å². The topological polar surface area (TPSA) is 15.3 Å². The Balaban J connectivity index is 2.14. The van der Waals surface area contributed by atoms with E-state index in [9.17, 15) is 26.3 Å². The molecule has 1 atom stereocenters. The quantitative estimate of drug-likeness (QED) is 0.738. The van der Waals surface area contributed by atoms with Crippen LogP contribution in [0.4, 0.5) is 26.3 Å². The maximum absolute atomic E-state index is 12.9. The molecule has 2 fully saturated rings. The summed E-state index contributed by atoms with van der Waals surface area (Å²) in [5.74, 6) is -1.74. The average molecular weight is 276 g/mol. The first-order valence-corrected chi connectivity index (χ1v) is 5.76. The minimum Gasteiger partial charge on any atom is -0.315 e. The van der Waals surface area contributed by atoms with Gasteiger partial charge in [-0.15, -0.1) is 0 Å². The Morgan fingerprint density at radius 3 is 2.11 bits per heavy atom. The van der Waals surface area contributed by atoms with Gasteiger partial charge in [-0.2, -0.15) is 26.3 Å². The summed E-state index contributed by atoms with van der Waals surface area (Å²) in [4.78, 5) is 0.963. The van der Waals surface area contributed by atoms with Crippen molar-refractivity contribution in [2.45, 2.75) is 30.7 Å². The van der Waals surface area contributed by atoms with Gasteiger partial charge in [0, 0.05) is 26.2 Å². The fourth-order valence-corrected chi connectivity index (χ4v) is 2.42. The molecule has 0 amide bonds. The van der Waals surface area contributed by atoms with E-state index in [1.807, 2.05) is 0 Å². The molecule has 1 N–H and O–H groups in total. The molecule has 18 heavy (non-hydrogen) atoms. The molecule has 1 aliphatic carbocycles. The summed E-state index contributed by atoms with van der Waals surface area (Å²) in [7, 11) is 0. The lowest BCUT2D eigenvalue weighted by atomic mass is 10.1. The Morgan fingerprint density at radius 2 is 1.67 bits per heavy atom. The number of hydrogen-bond acceptors (Lipinski definition) is 2. The van der Waals surface area contributed by atoms with Gasteiger partial charge in [0.1, 0.15) is 5.54 Å². The van der Waals surface area contributed by atoms with Gasteiger partial charge >= 0.3 is 12.4 Å². The van der Waals surface area contributed by atoms with Crippen molar-refractivity contribution in [1.29, 1.82) is 0 Å². The van der Waals surface area contributed by atoms with Gasteiger partial charge in [0.2, 0.25) is 0 Å². The first kappa shape index (κ1) is 13.9. The largest absolute Gasteiger partial charge is 0.406 e. The number of nitrogens with one attached hydrogen (secondary N) is 1. The van der Waals surface area contributed by atoms with Crippen LogP contribution >= 0.6 is 0 Å². The number of rotatable bonds is 1. The monoisotopic (exact) mass is 276 g/mol. The molecule has 1 saturated heterocycles.